The predicted octanol–water partition coefficient (Wildman–Crippen LogP) is 7.48. The zero-order valence-electron chi connectivity index (χ0n) is 14.2. The largest absolute Gasteiger partial charge is 0.310 e. The van der Waals surface area contributed by atoms with E-state index in [4.69, 9.17) is 11.6 Å². The fourth-order valence-electron chi connectivity index (χ4n) is 3.12. The van der Waals surface area contributed by atoms with Crippen LogP contribution in [0.2, 0.25) is 5.02 Å². The van der Waals surface area contributed by atoms with E-state index >= 15 is 0 Å². The van der Waals surface area contributed by atoms with Crippen molar-refractivity contribution in [3.05, 3.63) is 114 Å². The van der Waals surface area contributed by atoms with Crippen molar-refractivity contribution in [2.45, 2.75) is 0 Å². The summed E-state index contributed by atoms with van der Waals surface area (Å²) in [6.07, 6.45) is 0. The fourth-order valence-corrected chi connectivity index (χ4v) is 3.25. The summed E-state index contributed by atoms with van der Waals surface area (Å²) < 4.78 is 0. The Morgan fingerprint density at radius 1 is 0.500 bits per heavy atom. The first-order chi connectivity index (χ1) is 12.8. The average molecular weight is 356 g/mol. The summed E-state index contributed by atoms with van der Waals surface area (Å²) in [5.74, 6) is 0. The number of hydrogen-bond donors (Lipinski definition) is 0. The van der Waals surface area contributed by atoms with E-state index in [1.807, 2.05) is 24.3 Å². The number of para-hydroxylation sites is 2. The molecule has 126 valence electrons. The predicted molar refractivity (Wildman–Crippen MR) is 112 cm³/mol. The highest BCUT2D eigenvalue weighted by Gasteiger charge is 2.16. The molecule has 0 N–H and O–H groups in total. The van der Waals surface area contributed by atoms with Crippen molar-refractivity contribution in [3.63, 3.8) is 0 Å². The highest BCUT2D eigenvalue weighted by molar-refractivity contribution is 6.30. The quantitative estimate of drug-likeness (QED) is 0.367. The van der Waals surface area contributed by atoms with E-state index in [9.17, 15) is 0 Å². The van der Waals surface area contributed by atoms with Crippen LogP contribution in [0.1, 0.15) is 0 Å². The van der Waals surface area contributed by atoms with Crippen molar-refractivity contribution in [2.75, 3.05) is 4.90 Å². The number of hydrogen-bond acceptors (Lipinski definition) is 1. The number of rotatable bonds is 4. The van der Waals surface area contributed by atoms with Gasteiger partial charge in [-0.1, -0.05) is 78.3 Å². The summed E-state index contributed by atoms with van der Waals surface area (Å²) >= 11 is 6.12. The van der Waals surface area contributed by atoms with Gasteiger partial charge in [0.1, 0.15) is 0 Å². The summed E-state index contributed by atoms with van der Waals surface area (Å²) in [5, 5.41) is 0.734. The third kappa shape index (κ3) is 3.35. The molecule has 0 heterocycles. The van der Waals surface area contributed by atoms with Crippen LogP contribution >= 0.6 is 11.6 Å². The van der Waals surface area contributed by atoms with Crippen LogP contribution in [-0.4, -0.2) is 0 Å². The van der Waals surface area contributed by atoms with Crippen LogP contribution in [0.25, 0.3) is 11.1 Å². The first-order valence-electron chi connectivity index (χ1n) is 8.58. The van der Waals surface area contributed by atoms with Crippen LogP contribution < -0.4 is 4.90 Å². The molecule has 0 fully saturated rings. The molecule has 0 aliphatic carbocycles. The summed E-state index contributed by atoms with van der Waals surface area (Å²) in [7, 11) is 0. The normalized spacial score (nSPS) is 10.5. The minimum Gasteiger partial charge on any atom is -0.310 e. The molecule has 0 saturated heterocycles. The molecule has 2 heteroatoms. The maximum atomic E-state index is 6.12. The Morgan fingerprint density at radius 2 is 1.04 bits per heavy atom. The van der Waals surface area contributed by atoms with Crippen LogP contribution in [0.4, 0.5) is 17.1 Å². The molecule has 0 aromatic heterocycles. The lowest BCUT2D eigenvalue weighted by Crippen LogP contribution is -2.10. The van der Waals surface area contributed by atoms with Gasteiger partial charge in [0.15, 0.2) is 0 Å². The van der Waals surface area contributed by atoms with E-state index in [1.54, 1.807) is 0 Å². The molecule has 0 atom stereocenters. The van der Waals surface area contributed by atoms with Crippen molar-refractivity contribution in [1.29, 1.82) is 0 Å². The summed E-state index contributed by atoms with van der Waals surface area (Å²) in [6, 6.07) is 37.3. The van der Waals surface area contributed by atoms with Gasteiger partial charge in [-0.2, -0.15) is 0 Å². The molecule has 4 aromatic carbocycles. The smallest absolute Gasteiger partial charge is 0.0540 e. The molecule has 0 bridgehead atoms. The van der Waals surface area contributed by atoms with Gasteiger partial charge < -0.3 is 4.90 Å². The van der Waals surface area contributed by atoms with Gasteiger partial charge in [0, 0.05) is 22.0 Å². The van der Waals surface area contributed by atoms with E-state index in [2.05, 4.69) is 89.8 Å². The van der Waals surface area contributed by atoms with Crippen molar-refractivity contribution < 1.29 is 0 Å². The molecule has 0 radical (unpaired) electrons. The summed E-state index contributed by atoms with van der Waals surface area (Å²) in [4.78, 5) is 2.26. The minimum absolute atomic E-state index is 0.734. The van der Waals surface area contributed by atoms with Crippen LogP contribution in [0.15, 0.2) is 109 Å². The van der Waals surface area contributed by atoms with Crippen molar-refractivity contribution in [1.82, 2.24) is 0 Å². The van der Waals surface area contributed by atoms with Crippen LogP contribution in [0.5, 0.6) is 0 Å². The van der Waals surface area contributed by atoms with Gasteiger partial charge in [-0.05, 0) is 48.0 Å². The fraction of sp³-hybridized carbons (Fsp3) is 0. The molecular formula is C24H18ClN. The number of anilines is 3. The molecule has 0 spiro atoms. The summed E-state index contributed by atoms with van der Waals surface area (Å²) in [5.41, 5.74) is 5.69. The third-order valence-corrected chi connectivity index (χ3v) is 4.58. The highest BCUT2D eigenvalue weighted by Crippen LogP contribution is 2.40. The van der Waals surface area contributed by atoms with Gasteiger partial charge in [0.2, 0.25) is 0 Å². The van der Waals surface area contributed by atoms with E-state index in [0.29, 0.717) is 0 Å². The van der Waals surface area contributed by atoms with Crippen molar-refractivity contribution >= 4 is 28.7 Å². The number of halogens is 1. The zero-order chi connectivity index (χ0) is 17.8. The molecule has 0 unspecified atom stereocenters. The topological polar surface area (TPSA) is 3.24 Å². The average Bonchev–Trinajstić information content (AvgIpc) is 2.72. The number of benzene rings is 4. The van der Waals surface area contributed by atoms with E-state index in [1.165, 1.54) is 11.1 Å². The van der Waals surface area contributed by atoms with Gasteiger partial charge >= 0.3 is 0 Å². The van der Waals surface area contributed by atoms with Crippen molar-refractivity contribution in [2.24, 2.45) is 0 Å². The lowest BCUT2D eigenvalue weighted by atomic mass is 10.0. The highest BCUT2D eigenvalue weighted by atomic mass is 35.5. The second-order valence-corrected chi connectivity index (χ2v) is 6.47. The minimum atomic E-state index is 0.734. The second kappa shape index (κ2) is 7.47. The number of nitrogens with zero attached hydrogens (tertiary/aromatic N) is 1. The second-order valence-electron chi connectivity index (χ2n) is 6.03. The van der Waals surface area contributed by atoms with E-state index < -0.39 is 0 Å². The molecule has 0 aliphatic rings. The Hall–Kier alpha value is -3.03. The maximum absolute atomic E-state index is 6.12. The van der Waals surface area contributed by atoms with Crippen molar-refractivity contribution in [3.8, 4) is 11.1 Å². The van der Waals surface area contributed by atoms with Gasteiger partial charge in [-0.15, -0.1) is 0 Å². The van der Waals surface area contributed by atoms with Gasteiger partial charge in [0.25, 0.3) is 0 Å². The summed E-state index contributed by atoms with van der Waals surface area (Å²) in [6.45, 7) is 0. The Kier molecular flexibility index (Phi) is 4.72. The lowest BCUT2D eigenvalue weighted by molar-refractivity contribution is 1.28. The monoisotopic (exact) mass is 355 g/mol. The first kappa shape index (κ1) is 16.4. The Balaban J connectivity index is 1.92. The van der Waals surface area contributed by atoms with Crippen LogP contribution in [-0.2, 0) is 0 Å². The van der Waals surface area contributed by atoms with Gasteiger partial charge in [0.05, 0.1) is 5.69 Å². The van der Waals surface area contributed by atoms with Crippen LogP contribution in [0.3, 0.4) is 0 Å². The van der Waals surface area contributed by atoms with E-state index in [0.717, 1.165) is 22.1 Å². The molecule has 1 nitrogen and oxygen atoms in total. The molecular weight excluding hydrogens is 338 g/mol. The molecule has 26 heavy (non-hydrogen) atoms. The Morgan fingerprint density at radius 3 is 1.73 bits per heavy atom. The lowest BCUT2D eigenvalue weighted by Gasteiger charge is -2.27. The molecule has 0 saturated carbocycles. The SMILES string of the molecule is Clc1ccc(N(c2ccccc2)c2ccccc2-c2ccccc2)cc1. The van der Waals surface area contributed by atoms with Crippen LogP contribution in [0, 0.1) is 0 Å². The molecule has 0 amide bonds. The standard InChI is InChI=1S/C24H18ClN/c25-20-15-17-22(18-16-20)26(21-11-5-2-6-12-21)24-14-8-7-13-23(24)19-9-3-1-4-10-19/h1-18H. The third-order valence-electron chi connectivity index (χ3n) is 4.33. The van der Waals surface area contributed by atoms with Gasteiger partial charge in [-0.25, -0.2) is 0 Å². The molecule has 4 aromatic rings. The van der Waals surface area contributed by atoms with E-state index in [-0.39, 0.29) is 0 Å². The Bertz CT molecular complexity index is 979. The van der Waals surface area contributed by atoms with Gasteiger partial charge in [-0.3, -0.25) is 0 Å². The maximum Gasteiger partial charge on any atom is 0.0540 e. The Labute approximate surface area is 159 Å². The zero-order valence-corrected chi connectivity index (χ0v) is 15.0. The first-order valence-corrected chi connectivity index (χ1v) is 8.96. The molecule has 0 aliphatic heterocycles. The molecule has 4 rings (SSSR count).